The Bertz CT molecular complexity index is 789. The highest BCUT2D eigenvalue weighted by atomic mass is 79.9. The summed E-state index contributed by atoms with van der Waals surface area (Å²) in [5.41, 5.74) is 4.78. The third-order valence-electron chi connectivity index (χ3n) is 3.56. The van der Waals surface area contributed by atoms with Gasteiger partial charge in [0, 0.05) is 16.5 Å². The van der Waals surface area contributed by atoms with E-state index in [1.165, 1.54) is 6.07 Å². The van der Waals surface area contributed by atoms with Crippen LogP contribution >= 0.6 is 28.1 Å². The van der Waals surface area contributed by atoms with Crippen LogP contribution in [0.3, 0.4) is 0 Å². The molecule has 1 saturated carbocycles. The second kappa shape index (κ2) is 7.36. The minimum absolute atomic E-state index is 0.0979. The van der Waals surface area contributed by atoms with Crippen molar-refractivity contribution in [1.82, 2.24) is 5.43 Å². The average molecular weight is 410 g/mol. The molecule has 0 atom stereocenters. The standard InChI is InChI=1S/C17H14BrF2N3S/c18-12-5-3-11(4-6-12)16(10-1-2-10)22-23-17(24)21-15-8-7-13(19)9-14(15)20/h3-10H,1-2H2,(H2,21,23,24)/b22-16+. The van der Waals surface area contributed by atoms with Crippen LogP contribution in [0.4, 0.5) is 14.5 Å². The SMILES string of the molecule is Fc1ccc(NC(=S)N/N=C(/c2ccc(Br)cc2)C2CC2)c(F)c1. The molecule has 0 bridgehead atoms. The Hall–Kier alpha value is -1.86. The Morgan fingerprint density at radius 2 is 1.83 bits per heavy atom. The van der Waals surface area contributed by atoms with E-state index < -0.39 is 11.6 Å². The Morgan fingerprint density at radius 3 is 2.46 bits per heavy atom. The molecule has 0 saturated heterocycles. The van der Waals surface area contributed by atoms with Gasteiger partial charge in [0.25, 0.3) is 0 Å². The van der Waals surface area contributed by atoms with Crippen molar-refractivity contribution in [2.45, 2.75) is 12.8 Å². The van der Waals surface area contributed by atoms with Crippen LogP contribution in [-0.4, -0.2) is 10.8 Å². The van der Waals surface area contributed by atoms with E-state index in [0.29, 0.717) is 5.92 Å². The first-order chi connectivity index (χ1) is 11.5. The molecule has 2 N–H and O–H groups in total. The van der Waals surface area contributed by atoms with Gasteiger partial charge >= 0.3 is 0 Å². The van der Waals surface area contributed by atoms with E-state index in [0.717, 1.165) is 40.7 Å². The van der Waals surface area contributed by atoms with E-state index in [2.05, 4.69) is 31.8 Å². The smallest absolute Gasteiger partial charge is 0.191 e. The fourth-order valence-corrected chi connectivity index (χ4v) is 2.64. The summed E-state index contributed by atoms with van der Waals surface area (Å²) in [6.45, 7) is 0. The molecule has 0 radical (unpaired) electrons. The minimum atomic E-state index is -0.710. The molecule has 24 heavy (non-hydrogen) atoms. The van der Waals surface area contributed by atoms with Gasteiger partial charge in [-0.05, 0) is 54.9 Å². The molecule has 0 amide bonds. The predicted octanol–water partition coefficient (Wildman–Crippen LogP) is 4.83. The highest BCUT2D eigenvalue weighted by Gasteiger charge is 2.28. The van der Waals surface area contributed by atoms with E-state index in [1.54, 1.807) is 0 Å². The summed E-state index contributed by atoms with van der Waals surface area (Å²) < 4.78 is 27.5. The summed E-state index contributed by atoms with van der Waals surface area (Å²) in [7, 11) is 0. The van der Waals surface area contributed by atoms with Gasteiger partial charge < -0.3 is 5.32 Å². The van der Waals surface area contributed by atoms with Crippen LogP contribution < -0.4 is 10.7 Å². The highest BCUT2D eigenvalue weighted by molar-refractivity contribution is 9.10. The van der Waals surface area contributed by atoms with Crippen LogP contribution in [-0.2, 0) is 0 Å². The molecule has 0 aromatic heterocycles. The molecule has 2 aromatic rings. The molecule has 0 heterocycles. The highest BCUT2D eigenvalue weighted by Crippen LogP contribution is 2.33. The Morgan fingerprint density at radius 1 is 1.12 bits per heavy atom. The van der Waals surface area contributed by atoms with Crippen molar-refractivity contribution >= 4 is 44.7 Å². The third-order valence-corrected chi connectivity index (χ3v) is 4.28. The number of anilines is 1. The molecular formula is C17H14BrF2N3S. The Kier molecular flexibility index (Phi) is 5.20. The van der Waals surface area contributed by atoms with Crippen molar-refractivity contribution in [1.29, 1.82) is 0 Å². The molecule has 1 aliphatic rings. The van der Waals surface area contributed by atoms with Gasteiger partial charge in [-0.3, -0.25) is 5.43 Å². The average Bonchev–Trinajstić information content (AvgIpc) is 3.37. The first kappa shape index (κ1) is 17.0. The Balaban J connectivity index is 1.70. The number of hydrogen-bond acceptors (Lipinski definition) is 2. The molecule has 0 unspecified atom stereocenters. The van der Waals surface area contributed by atoms with Gasteiger partial charge in [-0.1, -0.05) is 28.1 Å². The van der Waals surface area contributed by atoms with Gasteiger partial charge in [0.15, 0.2) is 5.11 Å². The van der Waals surface area contributed by atoms with Crippen molar-refractivity contribution in [2.75, 3.05) is 5.32 Å². The fraction of sp³-hybridized carbons (Fsp3) is 0.176. The van der Waals surface area contributed by atoms with Gasteiger partial charge in [-0.25, -0.2) is 8.78 Å². The molecular weight excluding hydrogens is 396 g/mol. The molecule has 124 valence electrons. The number of rotatable bonds is 4. The molecule has 0 aliphatic heterocycles. The van der Waals surface area contributed by atoms with Gasteiger partial charge in [0.1, 0.15) is 11.6 Å². The van der Waals surface area contributed by atoms with E-state index in [9.17, 15) is 8.78 Å². The number of hydrazone groups is 1. The lowest BCUT2D eigenvalue weighted by atomic mass is 10.1. The number of nitrogens with zero attached hydrogens (tertiary/aromatic N) is 1. The van der Waals surface area contributed by atoms with Gasteiger partial charge in [0.05, 0.1) is 11.4 Å². The normalized spacial score (nSPS) is 14.4. The van der Waals surface area contributed by atoms with Crippen LogP contribution in [0, 0.1) is 17.6 Å². The van der Waals surface area contributed by atoms with Gasteiger partial charge in [-0.2, -0.15) is 5.10 Å². The maximum absolute atomic E-state index is 13.6. The molecule has 2 aromatic carbocycles. The monoisotopic (exact) mass is 409 g/mol. The lowest BCUT2D eigenvalue weighted by molar-refractivity contribution is 0.586. The number of nitrogens with one attached hydrogen (secondary N) is 2. The quantitative estimate of drug-likeness (QED) is 0.431. The van der Waals surface area contributed by atoms with E-state index in [1.807, 2.05) is 24.3 Å². The zero-order chi connectivity index (χ0) is 17.1. The van der Waals surface area contributed by atoms with E-state index in [-0.39, 0.29) is 10.8 Å². The van der Waals surface area contributed by atoms with Gasteiger partial charge in [0.2, 0.25) is 0 Å². The topological polar surface area (TPSA) is 36.4 Å². The molecule has 3 rings (SSSR count). The van der Waals surface area contributed by atoms with Crippen LogP contribution in [0.1, 0.15) is 18.4 Å². The molecule has 3 nitrogen and oxygen atoms in total. The predicted molar refractivity (Wildman–Crippen MR) is 99.1 cm³/mol. The molecule has 7 heteroatoms. The van der Waals surface area contributed by atoms with Gasteiger partial charge in [-0.15, -0.1) is 0 Å². The third kappa shape index (κ3) is 4.36. The number of thiocarbonyl (C=S) groups is 1. The van der Waals surface area contributed by atoms with Crippen LogP contribution in [0.2, 0.25) is 0 Å². The Labute approximate surface area is 152 Å². The zero-order valence-electron chi connectivity index (χ0n) is 12.5. The van der Waals surface area contributed by atoms with Crippen LogP contribution in [0.15, 0.2) is 52.0 Å². The zero-order valence-corrected chi connectivity index (χ0v) is 14.9. The first-order valence-electron chi connectivity index (χ1n) is 7.38. The van der Waals surface area contributed by atoms with Crippen molar-refractivity contribution < 1.29 is 8.78 Å². The van der Waals surface area contributed by atoms with Crippen molar-refractivity contribution in [3.05, 3.63) is 64.1 Å². The first-order valence-corrected chi connectivity index (χ1v) is 8.58. The second-order valence-corrected chi connectivity index (χ2v) is 6.79. The fourth-order valence-electron chi connectivity index (χ4n) is 2.22. The van der Waals surface area contributed by atoms with Crippen molar-refractivity contribution in [2.24, 2.45) is 11.0 Å². The number of benzene rings is 2. The lowest BCUT2D eigenvalue weighted by Crippen LogP contribution is -2.26. The molecule has 0 spiro atoms. The van der Waals surface area contributed by atoms with E-state index in [4.69, 9.17) is 12.2 Å². The summed E-state index contributed by atoms with van der Waals surface area (Å²) in [4.78, 5) is 0. The summed E-state index contributed by atoms with van der Waals surface area (Å²) in [5.74, 6) is -0.941. The number of hydrogen-bond donors (Lipinski definition) is 2. The van der Waals surface area contributed by atoms with Crippen molar-refractivity contribution in [3.8, 4) is 0 Å². The minimum Gasteiger partial charge on any atom is -0.329 e. The largest absolute Gasteiger partial charge is 0.329 e. The van der Waals surface area contributed by atoms with Crippen molar-refractivity contribution in [3.63, 3.8) is 0 Å². The van der Waals surface area contributed by atoms with Crippen LogP contribution in [0.5, 0.6) is 0 Å². The summed E-state index contributed by atoms with van der Waals surface area (Å²) in [5, 5.41) is 7.21. The summed E-state index contributed by atoms with van der Waals surface area (Å²) in [6, 6.07) is 11.1. The van der Waals surface area contributed by atoms with E-state index >= 15 is 0 Å². The molecule has 1 fully saturated rings. The lowest BCUT2D eigenvalue weighted by Gasteiger charge is -2.10. The summed E-state index contributed by atoms with van der Waals surface area (Å²) in [6.07, 6.45) is 2.17. The maximum atomic E-state index is 13.6. The molecule has 1 aliphatic carbocycles. The maximum Gasteiger partial charge on any atom is 0.191 e. The number of halogens is 3. The second-order valence-electron chi connectivity index (χ2n) is 5.47. The van der Waals surface area contributed by atoms with Crippen LogP contribution in [0.25, 0.3) is 0 Å². The summed E-state index contributed by atoms with van der Waals surface area (Å²) >= 11 is 8.54.